The van der Waals surface area contributed by atoms with E-state index < -0.39 is 0 Å². The zero-order chi connectivity index (χ0) is 18.6. The highest BCUT2D eigenvalue weighted by molar-refractivity contribution is 7.17. The van der Waals surface area contributed by atoms with E-state index in [2.05, 4.69) is 20.4 Å². The third-order valence-corrected chi connectivity index (χ3v) is 6.07. The standard InChI is InChI=1S/C19H20ClN5OS/c20-16-8-2-1-6-14(16)12-21-17(26)15-7-5-11-25(13-15)19-23-22-18(27-19)24-9-3-4-10-24/h1-4,6,8-10,15H,5,7,11-13H2,(H,21,26)/t15-/m0/s1. The maximum atomic E-state index is 12.6. The highest BCUT2D eigenvalue weighted by Gasteiger charge is 2.27. The fourth-order valence-electron chi connectivity index (χ4n) is 3.24. The summed E-state index contributed by atoms with van der Waals surface area (Å²) in [4.78, 5) is 14.8. The van der Waals surface area contributed by atoms with Crippen LogP contribution in [0.5, 0.6) is 0 Å². The van der Waals surface area contributed by atoms with Crippen LogP contribution >= 0.6 is 22.9 Å². The van der Waals surface area contributed by atoms with Gasteiger partial charge >= 0.3 is 0 Å². The Kier molecular flexibility index (Phi) is 5.40. The number of rotatable bonds is 5. The molecule has 1 N–H and O–H groups in total. The van der Waals surface area contributed by atoms with E-state index in [4.69, 9.17) is 11.6 Å². The lowest BCUT2D eigenvalue weighted by Crippen LogP contribution is -2.43. The predicted molar refractivity (Wildman–Crippen MR) is 107 cm³/mol. The molecule has 1 atom stereocenters. The largest absolute Gasteiger partial charge is 0.352 e. The van der Waals surface area contributed by atoms with Gasteiger partial charge in [-0.3, -0.25) is 9.36 Å². The molecule has 1 aliphatic rings. The maximum Gasteiger partial charge on any atom is 0.225 e. The van der Waals surface area contributed by atoms with E-state index in [-0.39, 0.29) is 11.8 Å². The predicted octanol–water partition coefficient (Wildman–Crippen LogP) is 3.52. The van der Waals surface area contributed by atoms with Crippen molar-refractivity contribution in [3.05, 3.63) is 59.4 Å². The first kappa shape index (κ1) is 18.0. The summed E-state index contributed by atoms with van der Waals surface area (Å²) in [6, 6.07) is 11.5. The number of carbonyl (C=O) groups excluding carboxylic acids is 1. The van der Waals surface area contributed by atoms with Crippen molar-refractivity contribution < 1.29 is 4.79 Å². The minimum Gasteiger partial charge on any atom is -0.352 e. The molecule has 0 saturated carbocycles. The minimum atomic E-state index is -0.0554. The van der Waals surface area contributed by atoms with Gasteiger partial charge in [-0.1, -0.05) is 41.1 Å². The van der Waals surface area contributed by atoms with Crippen LogP contribution in [-0.2, 0) is 11.3 Å². The average Bonchev–Trinajstić information content (AvgIpc) is 3.39. The fraction of sp³-hybridized carbons (Fsp3) is 0.316. The number of anilines is 1. The van der Waals surface area contributed by atoms with E-state index in [1.165, 1.54) is 0 Å². The molecule has 6 nitrogen and oxygen atoms in total. The number of piperidine rings is 1. The lowest BCUT2D eigenvalue weighted by Gasteiger charge is -2.31. The number of benzene rings is 1. The molecule has 1 aliphatic heterocycles. The normalized spacial score (nSPS) is 17.1. The highest BCUT2D eigenvalue weighted by atomic mass is 35.5. The number of hydrogen-bond donors (Lipinski definition) is 1. The summed E-state index contributed by atoms with van der Waals surface area (Å²) < 4.78 is 1.94. The van der Waals surface area contributed by atoms with Crippen LogP contribution in [0.4, 0.5) is 5.13 Å². The van der Waals surface area contributed by atoms with Gasteiger partial charge in [0.1, 0.15) is 0 Å². The molecule has 1 saturated heterocycles. The van der Waals surface area contributed by atoms with Gasteiger partial charge in [0.25, 0.3) is 0 Å². The molecule has 3 heterocycles. The molecule has 2 aromatic heterocycles. The Balaban J connectivity index is 1.38. The number of aromatic nitrogens is 3. The Morgan fingerprint density at radius 2 is 1.96 bits per heavy atom. The molecule has 8 heteroatoms. The number of nitrogens with zero attached hydrogens (tertiary/aromatic N) is 4. The quantitative estimate of drug-likeness (QED) is 0.710. The first-order valence-electron chi connectivity index (χ1n) is 8.93. The second kappa shape index (κ2) is 8.10. The monoisotopic (exact) mass is 401 g/mol. The zero-order valence-corrected chi connectivity index (χ0v) is 16.3. The third-order valence-electron chi connectivity index (χ3n) is 4.70. The van der Waals surface area contributed by atoms with E-state index in [1.807, 2.05) is 53.4 Å². The van der Waals surface area contributed by atoms with Gasteiger partial charge in [0.05, 0.1) is 5.92 Å². The first-order chi connectivity index (χ1) is 13.2. The van der Waals surface area contributed by atoms with Crippen molar-refractivity contribution in [2.24, 2.45) is 5.92 Å². The average molecular weight is 402 g/mol. The summed E-state index contributed by atoms with van der Waals surface area (Å²) in [5.74, 6) is 0.00920. The Morgan fingerprint density at radius 3 is 2.78 bits per heavy atom. The number of carbonyl (C=O) groups is 1. The second-order valence-electron chi connectivity index (χ2n) is 6.55. The summed E-state index contributed by atoms with van der Waals surface area (Å²) in [5, 5.41) is 14.0. The van der Waals surface area contributed by atoms with Crippen LogP contribution in [0.25, 0.3) is 5.13 Å². The van der Waals surface area contributed by atoms with E-state index >= 15 is 0 Å². The van der Waals surface area contributed by atoms with Gasteiger partial charge < -0.3 is 10.2 Å². The van der Waals surface area contributed by atoms with E-state index in [9.17, 15) is 4.79 Å². The summed E-state index contributed by atoms with van der Waals surface area (Å²) in [6.07, 6.45) is 5.74. The van der Waals surface area contributed by atoms with Crippen LogP contribution in [0.3, 0.4) is 0 Å². The van der Waals surface area contributed by atoms with Gasteiger partial charge in [-0.2, -0.15) is 0 Å². The van der Waals surface area contributed by atoms with Crippen LogP contribution in [0, 0.1) is 5.92 Å². The number of nitrogens with one attached hydrogen (secondary N) is 1. The summed E-state index contributed by atoms with van der Waals surface area (Å²) in [5.41, 5.74) is 0.931. The lowest BCUT2D eigenvalue weighted by atomic mass is 9.97. The highest BCUT2D eigenvalue weighted by Crippen LogP contribution is 2.28. The summed E-state index contributed by atoms with van der Waals surface area (Å²) in [6.45, 7) is 2.01. The lowest BCUT2D eigenvalue weighted by molar-refractivity contribution is -0.125. The Hall–Kier alpha value is -2.38. The minimum absolute atomic E-state index is 0.0554. The SMILES string of the molecule is O=C(NCc1ccccc1Cl)[C@H]1CCCN(c2nnc(-n3cccc3)s2)C1. The van der Waals surface area contributed by atoms with E-state index in [0.717, 1.165) is 35.2 Å². The molecular formula is C19H20ClN5OS. The molecule has 0 spiro atoms. The van der Waals surface area contributed by atoms with Gasteiger partial charge in [0.2, 0.25) is 16.2 Å². The number of hydrogen-bond acceptors (Lipinski definition) is 5. The van der Waals surface area contributed by atoms with Crippen LogP contribution in [0.15, 0.2) is 48.8 Å². The fourth-order valence-corrected chi connectivity index (χ4v) is 4.29. The molecule has 140 valence electrons. The van der Waals surface area contributed by atoms with Gasteiger partial charge in [0, 0.05) is 37.1 Å². The summed E-state index contributed by atoms with van der Waals surface area (Å²) in [7, 11) is 0. The molecule has 3 aromatic rings. The summed E-state index contributed by atoms with van der Waals surface area (Å²) >= 11 is 7.71. The van der Waals surface area contributed by atoms with E-state index in [0.29, 0.717) is 18.1 Å². The number of amides is 1. The molecule has 1 aromatic carbocycles. The number of halogens is 1. The van der Waals surface area contributed by atoms with Crippen molar-refractivity contribution in [2.75, 3.05) is 18.0 Å². The maximum absolute atomic E-state index is 12.6. The molecule has 0 bridgehead atoms. The van der Waals surface area contributed by atoms with Crippen LogP contribution in [0.1, 0.15) is 18.4 Å². The third kappa shape index (κ3) is 4.14. The first-order valence-corrected chi connectivity index (χ1v) is 10.1. The molecule has 4 rings (SSSR count). The van der Waals surface area contributed by atoms with Crippen molar-refractivity contribution in [3.8, 4) is 5.13 Å². The van der Waals surface area contributed by atoms with Crippen molar-refractivity contribution >= 4 is 34.0 Å². The molecule has 0 aliphatic carbocycles. The van der Waals surface area contributed by atoms with Crippen molar-refractivity contribution in [2.45, 2.75) is 19.4 Å². The van der Waals surface area contributed by atoms with Gasteiger partial charge in [-0.25, -0.2) is 0 Å². The Morgan fingerprint density at radius 1 is 1.19 bits per heavy atom. The molecular weight excluding hydrogens is 382 g/mol. The molecule has 1 amide bonds. The Labute approximate surface area is 166 Å². The topological polar surface area (TPSA) is 63.1 Å². The second-order valence-corrected chi connectivity index (χ2v) is 7.89. The Bertz CT molecular complexity index is 910. The zero-order valence-electron chi connectivity index (χ0n) is 14.7. The molecule has 0 radical (unpaired) electrons. The van der Waals surface area contributed by atoms with Crippen molar-refractivity contribution in [1.82, 2.24) is 20.1 Å². The van der Waals surface area contributed by atoms with Crippen LogP contribution in [0.2, 0.25) is 5.02 Å². The molecule has 27 heavy (non-hydrogen) atoms. The van der Waals surface area contributed by atoms with Crippen molar-refractivity contribution in [1.29, 1.82) is 0 Å². The van der Waals surface area contributed by atoms with Gasteiger partial charge in [0.15, 0.2) is 0 Å². The smallest absolute Gasteiger partial charge is 0.225 e. The van der Waals surface area contributed by atoms with E-state index in [1.54, 1.807) is 11.3 Å². The van der Waals surface area contributed by atoms with Gasteiger partial charge in [-0.05, 0) is 36.6 Å². The molecule has 1 fully saturated rings. The van der Waals surface area contributed by atoms with Crippen molar-refractivity contribution in [3.63, 3.8) is 0 Å². The van der Waals surface area contributed by atoms with Crippen LogP contribution in [-0.4, -0.2) is 33.8 Å². The molecule has 0 unspecified atom stereocenters. The van der Waals surface area contributed by atoms with Crippen LogP contribution < -0.4 is 10.2 Å². The van der Waals surface area contributed by atoms with Gasteiger partial charge in [-0.15, -0.1) is 10.2 Å².